The molecule has 1 heterocycles. The summed E-state index contributed by atoms with van der Waals surface area (Å²) >= 11 is 3.38. The molecule has 3 aromatic rings. The summed E-state index contributed by atoms with van der Waals surface area (Å²) in [5.74, 6) is -1.40. The molecule has 25 heavy (non-hydrogen) atoms. The van der Waals surface area contributed by atoms with Crippen molar-refractivity contribution in [1.29, 1.82) is 0 Å². The Morgan fingerprint density at radius 3 is 2.64 bits per heavy atom. The Morgan fingerprint density at radius 1 is 1.20 bits per heavy atom. The summed E-state index contributed by atoms with van der Waals surface area (Å²) in [4.78, 5) is 10.9. The van der Waals surface area contributed by atoms with Crippen LogP contribution in [0.1, 0.15) is 21.6 Å². The largest absolute Gasteiger partial charge is 0.489 e. The number of benzene rings is 2. The number of hydrogen-bond donors (Lipinski definition) is 1. The Hall–Kier alpha value is -2.67. The highest BCUT2D eigenvalue weighted by Gasteiger charge is 2.15. The summed E-state index contributed by atoms with van der Waals surface area (Å²) in [6.07, 6.45) is 0. The molecule has 0 bridgehead atoms. The molecule has 2 aromatic carbocycles. The number of halogens is 2. The molecule has 0 saturated carbocycles. The zero-order valence-electron chi connectivity index (χ0n) is 13.0. The first-order valence-corrected chi connectivity index (χ1v) is 8.24. The van der Waals surface area contributed by atoms with E-state index in [-0.39, 0.29) is 12.2 Å². The van der Waals surface area contributed by atoms with Gasteiger partial charge in [-0.2, -0.15) is 9.49 Å². The van der Waals surface area contributed by atoms with E-state index >= 15 is 0 Å². The van der Waals surface area contributed by atoms with Crippen LogP contribution in [-0.4, -0.2) is 20.9 Å². The summed E-state index contributed by atoms with van der Waals surface area (Å²) in [6, 6.07) is 16.0. The minimum Gasteiger partial charge on any atom is -0.489 e. The van der Waals surface area contributed by atoms with Crippen molar-refractivity contribution in [2.24, 2.45) is 0 Å². The maximum Gasteiger partial charge on any atom is 0.356 e. The number of hydrogen-bond acceptors (Lipinski definition) is 3. The van der Waals surface area contributed by atoms with E-state index in [2.05, 4.69) is 21.0 Å². The van der Waals surface area contributed by atoms with Crippen LogP contribution in [0.4, 0.5) is 4.39 Å². The molecule has 128 valence electrons. The van der Waals surface area contributed by atoms with E-state index in [0.717, 1.165) is 20.8 Å². The zero-order chi connectivity index (χ0) is 17.8. The molecule has 1 aromatic heterocycles. The highest BCUT2D eigenvalue weighted by atomic mass is 79.9. The van der Waals surface area contributed by atoms with Crippen LogP contribution >= 0.6 is 15.9 Å². The topological polar surface area (TPSA) is 64.3 Å². The predicted octanol–water partition coefficient (Wildman–Crippen LogP) is 4.11. The van der Waals surface area contributed by atoms with Gasteiger partial charge in [-0.15, -0.1) is 0 Å². The number of aromatic nitrogens is 2. The van der Waals surface area contributed by atoms with E-state index in [9.17, 15) is 9.18 Å². The molecule has 0 aliphatic heterocycles. The molecular weight excluding hydrogens is 391 g/mol. The van der Waals surface area contributed by atoms with Crippen LogP contribution in [0.25, 0.3) is 0 Å². The van der Waals surface area contributed by atoms with Gasteiger partial charge in [-0.05, 0) is 23.8 Å². The van der Waals surface area contributed by atoms with Gasteiger partial charge in [0.2, 0.25) is 5.95 Å². The molecule has 0 atom stereocenters. The molecule has 5 nitrogen and oxygen atoms in total. The lowest BCUT2D eigenvalue weighted by Gasteiger charge is -2.12. The van der Waals surface area contributed by atoms with Gasteiger partial charge in [0.15, 0.2) is 5.69 Å². The summed E-state index contributed by atoms with van der Waals surface area (Å²) < 4.78 is 21.6. The SMILES string of the molecule is O=C(O)c1cc(F)n(Cc2cc(Br)ccc2OCc2ccccc2)n1. The van der Waals surface area contributed by atoms with Crippen molar-refractivity contribution in [2.75, 3.05) is 0 Å². The highest BCUT2D eigenvalue weighted by Crippen LogP contribution is 2.25. The number of carboxylic acids is 1. The Kier molecular flexibility index (Phi) is 5.14. The molecule has 0 unspecified atom stereocenters. The molecule has 3 rings (SSSR count). The standard InChI is InChI=1S/C18H14BrFN2O3/c19-14-6-7-16(25-11-12-4-2-1-3-5-12)13(8-14)10-22-17(20)9-15(21-22)18(23)24/h1-9H,10-11H2,(H,23,24). The Balaban J connectivity index is 1.83. The van der Waals surface area contributed by atoms with Crippen LogP contribution in [0.3, 0.4) is 0 Å². The third kappa shape index (κ3) is 4.24. The van der Waals surface area contributed by atoms with Crippen molar-refractivity contribution >= 4 is 21.9 Å². The van der Waals surface area contributed by atoms with Crippen LogP contribution in [-0.2, 0) is 13.2 Å². The van der Waals surface area contributed by atoms with Crippen molar-refractivity contribution in [3.63, 3.8) is 0 Å². The first-order chi connectivity index (χ1) is 12.0. The highest BCUT2D eigenvalue weighted by molar-refractivity contribution is 9.10. The average Bonchev–Trinajstić information content (AvgIpc) is 2.96. The molecule has 0 aliphatic carbocycles. The van der Waals surface area contributed by atoms with E-state index < -0.39 is 11.9 Å². The van der Waals surface area contributed by atoms with Crippen molar-refractivity contribution in [2.45, 2.75) is 13.2 Å². The van der Waals surface area contributed by atoms with Crippen LogP contribution in [0.2, 0.25) is 0 Å². The van der Waals surface area contributed by atoms with Gasteiger partial charge in [0.1, 0.15) is 12.4 Å². The molecule has 1 N–H and O–H groups in total. The van der Waals surface area contributed by atoms with Gasteiger partial charge in [-0.1, -0.05) is 46.3 Å². The van der Waals surface area contributed by atoms with Crippen molar-refractivity contribution < 1.29 is 19.0 Å². The quantitative estimate of drug-likeness (QED) is 0.671. The minimum absolute atomic E-state index is 0.0582. The summed E-state index contributed by atoms with van der Waals surface area (Å²) in [7, 11) is 0. The van der Waals surface area contributed by atoms with E-state index in [1.54, 1.807) is 12.1 Å². The summed E-state index contributed by atoms with van der Waals surface area (Å²) in [5.41, 5.74) is 1.36. The van der Waals surface area contributed by atoms with E-state index in [4.69, 9.17) is 9.84 Å². The van der Waals surface area contributed by atoms with Crippen molar-refractivity contribution in [3.05, 3.63) is 81.8 Å². The van der Waals surface area contributed by atoms with Crippen LogP contribution in [0.15, 0.2) is 59.1 Å². The molecule has 0 spiro atoms. The van der Waals surface area contributed by atoms with Crippen molar-refractivity contribution in [1.82, 2.24) is 9.78 Å². The number of rotatable bonds is 6. The zero-order valence-corrected chi connectivity index (χ0v) is 14.6. The van der Waals surface area contributed by atoms with E-state index in [0.29, 0.717) is 17.9 Å². The second-order valence-electron chi connectivity index (χ2n) is 5.34. The third-order valence-electron chi connectivity index (χ3n) is 3.53. The van der Waals surface area contributed by atoms with Crippen LogP contribution in [0.5, 0.6) is 5.75 Å². The van der Waals surface area contributed by atoms with Crippen LogP contribution in [0, 0.1) is 5.95 Å². The number of carboxylic acid groups (broad SMARTS) is 1. The summed E-state index contributed by atoms with van der Waals surface area (Å²) in [5, 5.41) is 12.7. The third-order valence-corrected chi connectivity index (χ3v) is 4.02. The molecule has 0 radical (unpaired) electrons. The average molecular weight is 405 g/mol. The van der Waals surface area contributed by atoms with Gasteiger partial charge < -0.3 is 9.84 Å². The fourth-order valence-electron chi connectivity index (χ4n) is 2.32. The Morgan fingerprint density at radius 2 is 1.96 bits per heavy atom. The number of aromatic carboxylic acids is 1. The molecule has 0 amide bonds. The van der Waals surface area contributed by atoms with Gasteiger partial charge >= 0.3 is 5.97 Å². The lowest BCUT2D eigenvalue weighted by Crippen LogP contribution is -2.08. The van der Waals surface area contributed by atoms with Crippen molar-refractivity contribution in [3.8, 4) is 5.75 Å². The second-order valence-corrected chi connectivity index (χ2v) is 6.26. The first kappa shape index (κ1) is 17.2. The first-order valence-electron chi connectivity index (χ1n) is 7.45. The normalized spacial score (nSPS) is 10.6. The minimum atomic E-state index is -1.27. The Bertz CT molecular complexity index is 897. The second kappa shape index (κ2) is 7.48. The van der Waals surface area contributed by atoms with E-state index in [1.165, 1.54) is 0 Å². The Labute approximate surface area is 151 Å². The van der Waals surface area contributed by atoms with Gasteiger partial charge in [-0.3, -0.25) is 0 Å². The van der Waals surface area contributed by atoms with Crippen LogP contribution < -0.4 is 4.74 Å². The van der Waals surface area contributed by atoms with E-state index in [1.807, 2.05) is 36.4 Å². The number of carbonyl (C=O) groups is 1. The predicted molar refractivity (Wildman–Crippen MR) is 93.2 cm³/mol. The van der Waals surface area contributed by atoms with Gasteiger partial charge in [-0.25, -0.2) is 9.48 Å². The fourth-order valence-corrected chi connectivity index (χ4v) is 2.73. The lowest BCUT2D eigenvalue weighted by atomic mass is 10.2. The maximum absolute atomic E-state index is 13.9. The summed E-state index contributed by atoms with van der Waals surface area (Å²) in [6.45, 7) is 0.431. The molecule has 7 heteroatoms. The smallest absolute Gasteiger partial charge is 0.356 e. The monoisotopic (exact) mass is 404 g/mol. The lowest BCUT2D eigenvalue weighted by molar-refractivity contribution is 0.0689. The number of nitrogens with zero attached hydrogens (tertiary/aromatic N) is 2. The molecule has 0 saturated heterocycles. The van der Waals surface area contributed by atoms with Gasteiger partial charge in [0, 0.05) is 16.1 Å². The van der Waals surface area contributed by atoms with Gasteiger partial charge in [0.25, 0.3) is 0 Å². The number of ether oxygens (including phenoxy) is 1. The maximum atomic E-state index is 13.9. The fraction of sp³-hybridized carbons (Fsp3) is 0.111. The molecular formula is C18H14BrFN2O3. The van der Waals surface area contributed by atoms with Gasteiger partial charge in [0.05, 0.1) is 6.54 Å². The molecule has 0 aliphatic rings. The molecule has 0 fully saturated rings.